The summed E-state index contributed by atoms with van der Waals surface area (Å²) in [4.78, 5) is 0. The van der Waals surface area contributed by atoms with E-state index in [1.807, 2.05) is 24.3 Å². The van der Waals surface area contributed by atoms with Crippen LogP contribution in [0.1, 0.15) is 5.69 Å². The number of para-hydroxylation sites is 2. The smallest absolute Gasteiger partial charge is 0.154 e. The molecule has 0 aliphatic heterocycles. The Bertz CT molecular complexity index is 704. The molecule has 0 aliphatic carbocycles. The van der Waals surface area contributed by atoms with Crippen LogP contribution in [0.4, 0.5) is 0 Å². The fraction of sp³-hybridized carbons (Fsp3) is 0.143. The number of hydrogen-bond acceptors (Lipinski definition) is 5. The second-order valence-electron chi connectivity index (χ2n) is 4.10. The van der Waals surface area contributed by atoms with Gasteiger partial charge in [-0.15, -0.1) is 5.10 Å². The minimum absolute atomic E-state index is 0.217. The first kappa shape index (κ1) is 12.4. The Morgan fingerprint density at radius 3 is 2.80 bits per heavy atom. The second-order valence-corrected chi connectivity index (χ2v) is 4.10. The van der Waals surface area contributed by atoms with Gasteiger partial charge >= 0.3 is 0 Å². The van der Waals surface area contributed by atoms with Gasteiger partial charge < -0.3 is 14.3 Å². The van der Waals surface area contributed by atoms with Crippen LogP contribution in [0.2, 0.25) is 0 Å². The molecule has 6 nitrogen and oxygen atoms in total. The van der Waals surface area contributed by atoms with Crippen LogP contribution in [-0.4, -0.2) is 27.2 Å². The van der Waals surface area contributed by atoms with Gasteiger partial charge in [0.2, 0.25) is 0 Å². The zero-order chi connectivity index (χ0) is 13.9. The molecule has 0 bridgehead atoms. The van der Waals surface area contributed by atoms with Crippen molar-refractivity contribution in [2.45, 2.75) is 6.61 Å². The van der Waals surface area contributed by atoms with Crippen molar-refractivity contribution in [3.63, 3.8) is 0 Å². The molecule has 102 valence electrons. The van der Waals surface area contributed by atoms with Gasteiger partial charge in [-0.05, 0) is 24.3 Å². The monoisotopic (exact) mass is 271 g/mol. The van der Waals surface area contributed by atoms with E-state index in [0.29, 0.717) is 22.9 Å². The number of aliphatic hydroxyl groups excluding tert-OH is 1. The molecule has 1 N–H and O–H groups in total. The van der Waals surface area contributed by atoms with Gasteiger partial charge in [0.25, 0.3) is 0 Å². The largest absolute Gasteiger partial charge is 0.494 e. The summed E-state index contributed by atoms with van der Waals surface area (Å²) < 4.78 is 12.3. The first-order valence-electron chi connectivity index (χ1n) is 6.08. The maximum Gasteiger partial charge on any atom is 0.154 e. The van der Waals surface area contributed by atoms with Gasteiger partial charge in [0.15, 0.2) is 5.76 Å². The van der Waals surface area contributed by atoms with Crippen LogP contribution in [0, 0.1) is 0 Å². The van der Waals surface area contributed by atoms with Crippen LogP contribution in [0.5, 0.6) is 5.75 Å². The summed E-state index contributed by atoms with van der Waals surface area (Å²) >= 11 is 0. The maximum atomic E-state index is 9.42. The molecule has 0 radical (unpaired) electrons. The highest BCUT2D eigenvalue weighted by Gasteiger charge is 2.19. The molecule has 3 rings (SSSR count). The summed E-state index contributed by atoms with van der Waals surface area (Å²) in [5, 5.41) is 17.5. The zero-order valence-electron chi connectivity index (χ0n) is 10.9. The van der Waals surface area contributed by atoms with Crippen LogP contribution in [0.3, 0.4) is 0 Å². The number of aliphatic hydroxyl groups is 1. The molecule has 20 heavy (non-hydrogen) atoms. The van der Waals surface area contributed by atoms with Crippen molar-refractivity contribution in [2.24, 2.45) is 0 Å². The lowest BCUT2D eigenvalue weighted by Crippen LogP contribution is -2.02. The first-order valence-corrected chi connectivity index (χ1v) is 6.08. The predicted molar refractivity (Wildman–Crippen MR) is 71.5 cm³/mol. The van der Waals surface area contributed by atoms with Gasteiger partial charge in [0.05, 0.1) is 20.0 Å². The average molecular weight is 271 g/mol. The number of aromatic nitrogens is 3. The number of nitrogens with zero attached hydrogens (tertiary/aromatic N) is 3. The Balaban J connectivity index is 2.22. The van der Waals surface area contributed by atoms with Gasteiger partial charge in [-0.2, -0.15) is 0 Å². The van der Waals surface area contributed by atoms with Gasteiger partial charge in [-0.25, -0.2) is 4.68 Å². The Kier molecular flexibility index (Phi) is 3.22. The molecule has 0 aliphatic rings. The Morgan fingerprint density at radius 2 is 2.10 bits per heavy atom. The lowest BCUT2D eigenvalue weighted by Gasteiger charge is -2.09. The molecule has 1 aromatic carbocycles. The summed E-state index contributed by atoms with van der Waals surface area (Å²) in [7, 11) is 1.59. The fourth-order valence-corrected chi connectivity index (χ4v) is 2.05. The number of ether oxygens (including phenoxy) is 1. The standard InChI is InChI=1S/C14H13N3O3/c1-19-12-6-3-2-5-11(12)17-14(10(9-18)15-16-17)13-7-4-8-20-13/h2-8,18H,9H2,1H3. The average Bonchev–Trinajstić information content (AvgIpc) is 3.15. The SMILES string of the molecule is COc1ccccc1-n1nnc(CO)c1-c1ccco1. The second kappa shape index (κ2) is 5.18. The molecule has 6 heteroatoms. The normalized spacial score (nSPS) is 10.7. The van der Waals surface area contributed by atoms with Crippen molar-refractivity contribution in [2.75, 3.05) is 7.11 Å². The molecular formula is C14H13N3O3. The molecule has 3 aromatic rings. The number of methoxy groups -OCH3 is 1. The van der Waals surface area contributed by atoms with Crippen LogP contribution in [-0.2, 0) is 6.61 Å². The lowest BCUT2D eigenvalue weighted by atomic mass is 10.2. The van der Waals surface area contributed by atoms with Gasteiger partial charge in [0.1, 0.15) is 22.8 Å². The number of hydrogen-bond donors (Lipinski definition) is 1. The van der Waals surface area contributed by atoms with Crippen molar-refractivity contribution in [3.8, 4) is 22.9 Å². The quantitative estimate of drug-likeness (QED) is 0.786. The summed E-state index contributed by atoms with van der Waals surface area (Å²) in [6.45, 7) is -0.217. The fourth-order valence-electron chi connectivity index (χ4n) is 2.05. The molecule has 0 fully saturated rings. The van der Waals surface area contributed by atoms with Crippen LogP contribution < -0.4 is 4.74 Å². The Morgan fingerprint density at radius 1 is 1.25 bits per heavy atom. The Labute approximate surface area is 115 Å². The lowest BCUT2D eigenvalue weighted by molar-refractivity contribution is 0.277. The molecule has 0 spiro atoms. The first-order chi connectivity index (χ1) is 9.85. The van der Waals surface area contributed by atoms with Crippen molar-refractivity contribution in [1.29, 1.82) is 0 Å². The minimum Gasteiger partial charge on any atom is -0.494 e. The van der Waals surface area contributed by atoms with E-state index in [2.05, 4.69) is 10.3 Å². The third-order valence-corrected chi connectivity index (χ3v) is 2.96. The highest BCUT2D eigenvalue weighted by molar-refractivity contribution is 5.60. The number of rotatable bonds is 4. The molecule has 0 saturated heterocycles. The number of furan rings is 1. The van der Waals surface area contributed by atoms with E-state index in [1.54, 1.807) is 30.2 Å². The van der Waals surface area contributed by atoms with Gasteiger partial charge in [-0.1, -0.05) is 17.3 Å². The highest BCUT2D eigenvalue weighted by Crippen LogP contribution is 2.29. The highest BCUT2D eigenvalue weighted by atomic mass is 16.5. The molecule has 2 aromatic heterocycles. The summed E-state index contributed by atoms with van der Waals surface area (Å²) in [5.74, 6) is 1.25. The Hall–Kier alpha value is -2.60. The summed E-state index contributed by atoms with van der Waals surface area (Å²) in [6, 6.07) is 11.0. The number of benzene rings is 1. The van der Waals surface area contributed by atoms with Gasteiger partial charge in [0, 0.05) is 0 Å². The summed E-state index contributed by atoms with van der Waals surface area (Å²) in [6.07, 6.45) is 1.57. The maximum absolute atomic E-state index is 9.42. The topological polar surface area (TPSA) is 73.3 Å². The summed E-state index contributed by atoms with van der Waals surface area (Å²) in [5.41, 5.74) is 1.79. The van der Waals surface area contributed by atoms with Crippen molar-refractivity contribution < 1.29 is 14.3 Å². The van der Waals surface area contributed by atoms with Gasteiger partial charge in [-0.3, -0.25) is 0 Å². The van der Waals surface area contributed by atoms with E-state index in [4.69, 9.17) is 9.15 Å². The van der Waals surface area contributed by atoms with Crippen molar-refractivity contribution in [3.05, 3.63) is 48.4 Å². The third-order valence-electron chi connectivity index (χ3n) is 2.96. The third kappa shape index (κ3) is 1.96. The van der Waals surface area contributed by atoms with Crippen molar-refractivity contribution >= 4 is 0 Å². The van der Waals surface area contributed by atoms with E-state index in [-0.39, 0.29) is 6.61 Å². The van der Waals surface area contributed by atoms with E-state index in [0.717, 1.165) is 5.69 Å². The van der Waals surface area contributed by atoms with Crippen LogP contribution in [0.15, 0.2) is 47.1 Å². The molecule has 0 amide bonds. The van der Waals surface area contributed by atoms with E-state index < -0.39 is 0 Å². The molecule has 0 atom stereocenters. The molecular weight excluding hydrogens is 258 g/mol. The molecule has 0 unspecified atom stereocenters. The minimum atomic E-state index is -0.217. The molecule has 2 heterocycles. The molecule has 0 saturated carbocycles. The van der Waals surface area contributed by atoms with Crippen molar-refractivity contribution in [1.82, 2.24) is 15.0 Å². The van der Waals surface area contributed by atoms with Crippen LogP contribution in [0.25, 0.3) is 17.1 Å². The zero-order valence-corrected chi connectivity index (χ0v) is 10.9. The van der Waals surface area contributed by atoms with Crippen LogP contribution >= 0.6 is 0 Å². The predicted octanol–water partition coefficient (Wildman–Crippen LogP) is 2.03. The van der Waals surface area contributed by atoms with E-state index in [1.165, 1.54) is 0 Å². The van der Waals surface area contributed by atoms with E-state index >= 15 is 0 Å². The van der Waals surface area contributed by atoms with E-state index in [9.17, 15) is 5.11 Å².